The summed E-state index contributed by atoms with van der Waals surface area (Å²) < 4.78 is 5.40. The first-order valence-electron chi connectivity index (χ1n) is 6.71. The molecule has 0 aliphatic carbocycles. The highest BCUT2D eigenvalue weighted by Crippen LogP contribution is 2.26. The second kappa shape index (κ2) is 7.24. The van der Waals surface area contributed by atoms with E-state index >= 15 is 0 Å². The minimum atomic E-state index is -0.236. The van der Waals surface area contributed by atoms with Crippen LogP contribution in [0.3, 0.4) is 0 Å². The highest BCUT2D eigenvalue weighted by molar-refractivity contribution is 6.10. The minimum Gasteiger partial charge on any atom is -0.507 e. The van der Waals surface area contributed by atoms with Gasteiger partial charge < -0.3 is 14.6 Å². The van der Waals surface area contributed by atoms with Crippen molar-refractivity contribution in [2.45, 2.75) is 12.8 Å². The average molecular weight is 284 g/mol. The zero-order valence-electron chi connectivity index (χ0n) is 11.5. The first-order chi connectivity index (χ1) is 10.2. The molecule has 0 spiro atoms. The SMILES string of the molecule is O=CCCCOc1ccc(C(=O)c2ccccc2)c(O)c1. The molecule has 1 N–H and O–H groups in total. The molecule has 0 radical (unpaired) electrons. The van der Waals surface area contributed by atoms with Crippen LogP contribution in [0, 0.1) is 0 Å². The molecule has 0 unspecified atom stereocenters. The number of unbranched alkanes of at least 4 members (excludes halogenated alkanes) is 1. The Bertz CT molecular complexity index is 620. The number of aldehydes is 1. The van der Waals surface area contributed by atoms with Crippen LogP contribution < -0.4 is 4.74 Å². The van der Waals surface area contributed by atoms with E-state index in [4.69, 9.17) is 4.74 Å². The third-order valence-electron chi connectivity index (χ3n) is 2.98. The lowest BCUT2D eigenvalue weighted by atomic mass is 10.0. The number of rotatable bonds is 7. The molecule has 2 aromatic rings. The van der Waals surface area contributed by atoms with Crippen molar-refractivity contribution in [3.63, 3.8) is 0 Å². The van der Waals surface area contributed by atoms with Crippen LogP contribution in [0.4, 0.5) is 0 Å². The Hall–Kier alpha value is -2.62. The maximum atomic E-state index is 12.2. The fraction of sp³-hybridized carbons (Fsp3) is 0.176. The van der Waals surface area contributed by atoms with Gasteiger partial charge in [-0.25, -0.2) is 0 Å². The number of phenolic OH excluding ortho intramolecular Hbond substituents is 1. The van der Waals surface area contributed by atoms with Crippen LogP contribution in [0.5, 0.6) is 11.5 Å². The van der Waals surface area contributed by atoms with Crippen LogP contribution in [0.1, 0.15) is 28.8 Å². The molecule has 0 amide bonds. The predicted molar refractivity (Wildman–Crippen MR) is 78.8 cm³/mol. The first kappa shape index (κ1) is 14.8. The van der Waals surface area contributed by atoms with Gasteiger partial charge in [0, 0.05) is 18.1 Å². The molecule has 0 aromatic heterocycles. The smallest absolute Gasteiger partial charge is 0.196 e. The van der Waals surface area contributed by atoms with Gasteiger partial charge in [0.1, 0.15) is 17.8 Å². The molecule has 0 saturated carbocycles. The van der Waals surface area contributed by atoms with Gasteiger partial charge in [-0.2, -0.15) is 0 Å². The second-order valence-corrected chi connectivity index (χ2v) is 4.53. The van der Waals surface area contributed by atoms with Crippen molar-refractivity contribution in [1.29, 1.82) is 0 Å². The Balaban J connectivity index is 2.09. The Morgan fingerprint density at radius 1 is 1.14 bits per heavy atom. The summed E-state index contributed by atoms with van der Waals surface area (Å²) in [5, 5.41) is 9.97. The molecular weight excluding hydrogens is 268 g/mol. The van der Waals surface area contributed by atoms with Crippen LogP contribution in [-0.4, -0.2) is 23.8 Å². The monoisotopic (exact) mass is 284 g/mol. The summed E-state index contributed by atoms with van der Waals surface area (Å²) in [6.45, 7) is 0.393. The molecule has 0 fully saturated rings. The van der Waals surface area contributed by atoms with Crippen molar-refractivity contribution >= 4 is 12.1 Å². The Kier molecular flexibility index (Phi) is 5.10. The van der Waals surface area contributed by atoms with Crippen LogP contribution >= 0.6 is 0 Å². The van der Waals surface area contributed by atoms with Crippen molar-refractivity contribution in [3.05, 3.63) is 59.7 Å². The lowest BCUT2D eigenvalue weighted by Crippen LogP contribution is -2.02. The standard InChI is InChI=1S/C17H16O4/c18-10-4-5-11-21-14-8-9-15(16(19)12-14)17(20)13-6-2-1-3-7-13/h1-3,6-10,12,19H,4-5,11H2. The van der Waals surface area contributed by atoms with Gasteiger partial charge >= 0.3 is 0 Å². The van der Waals surface area contributed by atoms with Crippen molar-refractivity contribution in [1.82, 2.24) is 0 Å². The fourth-order valence-corrected chi connectivity index (χ4v) is 1.89. The fourth-order valence-electron chi connectivity index (χ4n) is 1.89. The van der Waals surface area contributed by atoms with Gasteiger partial charge in [0.05, 0.1) is 12.2 Å². The molecule has 21 heavy (non-hydrogen) atoms. The van der Waals surface area contributed by atoms with E-state index in [9.17, 15) is 14.7 Å². The molecule has 108 valence electrons. The third-order valence-corrected chi connectivity index (χ3v) is 2.98. The van der Waals surface area contributed by atoms with E-state index in [0.717, 1.165) is 6.29 Å². The van der Waals surface area contributed by atoms with Gasteiger partial charge in [-0.1, -0.05) is 30.3 Å². The number of hydrogen-bond acceptors (Lipinski definition) is 4. The second-order valence-electron chi connectivity index (χ2n) is 4.53. The van der Waals surface area contributed by atoms with Crippen LogP contribution in [0.2, 0.25) is 0 Å². The maximum Gasteiger partial charge on any atom is 0.196 e. The Morgan fingerprint density at radius 3 is 2.57 bits per heavy atom. The van der Waals surface area contributed by atoms with Gasteiger partial charge in [-0.05, 0) is 18.6 Å². The Labute approximate surface area is 123 Å². The number of benzene rings is 2. The first-order valence-corrected chi connectivity index (χ1v) is 6.71. The quantitative estimate of drug-likeness (QED) is 0.482. The molecule has 0 atom stereocenters. The molecule has 0 saturated heterocycles. The van der Waals surface area contributed by atoms with Gasteiger partial charge in [-0.15, -0.1) is 0 Å². The van der Waals surface area contributed by atoms with E-state index in [-0.39, 0.29) is 17.1 Å². The van der Waals surface area contributed by atoms with E-state index < -0.39 is 0 Å². The van der Waals surface area contributed by atoms with Crippen molar-refractivity contribution < 1.29 is 19.4 Å². The number of hydrogen-bond donors (Lipinski definition) is 1. The molecule has 2 aromatic carbocycles. The van der Waals surface area contributed by atoms with E-state index in [1.54, 1.807) is 36.4 Å². The van der Waals surface area contributed by atoms with Crippen molar-refractivity contribution in [3.8, 4) is 11.5 Å². The summed E-state index contributed by atoms with van der Waals surface area (Å²) >= 11 is 0. The zero-order valence-corrected chi connectivity index (χ0v) is 11.5. The van der Waals surface area contributed by atoms with E-state index in [0.29, 0.717) is 30.8 Å². The molecule has 4 heteroatoms. The van der Waals surface area contributed by atoms with Gasteiger partial charge in [0.2, 0.25) is 0 Å². The van der Waals surface area contributed by atoms with E-state index in [1.165, 1.54) is 6.07 Å². The maximum absolute atomic E-state index is 12.2. The molecule has 2 rings (SSSR count). The summed E-state index contributed by atoms with van der Waals surface area (Å²) in [7, 11) is 0. The van der Waals surface area contributed by atoms with Crippen molar-refractivity contribution in [2.75, 3.05) is 6.61 Å². The molecule has 0 aliphatic rings. The highest BCUT2D eigenvalue weighted by Gasteiger charge is 2.13. The summed E-state index contributed by atoms with van der Waals surface area (Å²) in [6, 6.07) is 13.4. The predicted octanol–water partition coefficient (Wildman–Crippen LogP) is 2.98. The normalized spacial score (nSPS) is 10.1. The molecule has 0 heterocycles. The number of carbonyl (C=O) groups is 2. The van der Waals surface area contributed by atoms with Crippen LogP contribution in [-0.2, 0) is 4.79 Å². The van der Waals surface area contributed by atoms with Crippen molar-refractivity contribution in [2.24, 2.45) is 0 Å². The number of aromatic hydroxyl groups is 1. The van der Waals surface area contributed by atoms with Crippen LogP contribution in [0.25, 0.3) is 0 Å². The minimum absolute atomic E-state index is 0.114. The van der Waals surface area contributed by atoms with Gasteiger partial charge in [0.15, 0.2) is 5.78 Å². The average Bonchev–Trinajstić information content (AvgIpc) is 2.52. The molecule has 0 bridgehead atoms. The summed E-state index contributed by atoms with van der Waals surface area (Å²) in [6.07, 6.45) is 1.90. The molecule has 0 aliphatic heterocycles. The summed E-state index contributed by atoms with van der Waals surface area (Å²) in [5.74, 6) is 0.125. The van der Waals surface area contributed by atoms with E-state index in [1.807, 2.05) is 6.07 Å². The number of ketones is 1. The third kappa shape index (κ3) is 3.92. The lowest BCUT2D eigenvalue weighted by Gasteiger charge is -2.08. The summed E-state index contributed by atoms with van der Waals surface area (Å²) in [5.41, 5.74) is 0.758. The largest absolute Gasteiger partial charge is 0.507 e. The summed E-state index contributed by atoms with van der Waals surface area (Å²) in [4.78, 5) is 22.4. The number of ether oxygens (including phenoxy) is 1. The lowest BCUT2D eigenvalue weighted by molar-refractivity contribution is -0.108. The van der Waals surface area contributed by atoms with E-state index in [2.05, 4.69) is 0 Å². The molecular formula is C17H16O4. The van der Waals surface area contributed by atoms with Gasteiger partial charge in [0.25, 0.3) is 0 Å². The molecule has 4 nitrogen and oxygen atoms in total. The zero-order chi connectivity index (χ0) is 15.1. The highest BCUT2D eigenvalue weighted by atomic mass is 16.5. The Morgan fingerprint density at radius 2 is 1.90 bits per heavy atom. The number of phenols is 1. The van der Waals surface area contributed by atoms with Gasteiger partial charge in [-0.3, -0.25) is 4.79 Å². The topological polar surface area (TPSA) is 63.6 Å². The van der Waals surface area contributed by atoms with Crippen LogP contribution in [0.15, 0.2) is 48.5 Å². The number of carbonyl (C=O) groups excluding carboxylic acids is 2.